The minimum absolute atomic E-state index is 0.122. The first-order valence-corrected chi connectivity index (χ1v) is 7.78. The summed E-state index contributed by atoms with van der Waals surface area (Å²) in [5.74, 6) is 2.65. The van der Waals surface area contributed by atoms with Crippen LogP contribution in [0.25, 0.3) is 0 Å². The van der Waals surface area contributed by atoms with Crippen LogP contribution in [0.15, 0.2) is 0 Å². The van der Waals surface area contributed by atoms with Gasteiger partial charge in [0.25, 0.3) is 0 Å². The average molecular weight is 265 g/mol. The van der Waals surface area contributed by atoms with Gasteiger partial charge in [-0.05, 0) is 63.3 Å². The van der Waals surface area contributed by atoms with Crippen molar-refractivity contribution in [2.24, 2.45) is 17.8 Å². The fraction of sp³-hybridized carbons (Fsp3) is 0.933. The van der Waals surface area contributed by atoms with Gasteiger partial charge in [-0.3, -0.25) is 0 Å². The summed E-state index contributed by atoms with van der Waals surface area (Å²) >= 11 is 0. The summed E-state index contributed by atoms with van der Waals surface area (Å²) in [6.07, 6.45) is 7.94. The number of nitrogens with one attached hydrogen (secondary N) is 2. The number of amides is 2. The second-order valence-corrected chi connectivity index (χ2v) is 7.15. The Balaban J connectivity index is 1.61. The van der Waals surface area contributed by atoms with Crippen molar-refractivity contribution in [1.29, 1.82) is 0 Å². The Bertz CT molecular complexity index is 320. The van der Waals surface area contributed by atoms with Crippen LogP contribution in [0, 0.1) is 17.8 Å². The van der Waals surface area contributed by atoms with Gasteiger partial charge in [0.2, 0.25) is 0 Å². The molecule has 108 valence electrons. The highest BCUT2D eigenvalue weighted by Crippen LogP contribution is 2.55. The summed E-state index contributed by atoms with van der Waals surface area (Å²) in [6.45, 7) is 1.62. The molecule has 0 heterocycles. The molecule has 4 bridgehead atoms. The highest BCUT2D eigenvalue weighted by Gasteiger charge is 2.51. The van der Waals surface area contributed by atoms with Crippen LogP contribution < -0.4 is 10.6 Å². The van der Waals surface area contributed by atoms with Gasteiger partial charge in [-0.25, -0.2) is 4.79 Å². The molecule has 0 radical (unpaired) electrons. The van der Waals surface area contributed by atoms with Crippen LogP contribution in [0.5, 0.6) is 0 Å². The monoisotopic (exact) mass is 265 g/mol. The molecular formula is C15H27N3O. The first-order valence-electron chi connectivity index (χ1n) is 7.78. The lowest BCUT2D eigenvalue weighted by molar-refractivity contribution is -0.0152. The fourth-order valence-electron chi connectivity index (χ4n) is 4.97. The van der Waals surface area contributed by atoms with E-state index in [2.05, 4.69) is 10.6 Å². The van der Waals surface area contributed by atoms with E-state index in [0.717, 1.165) is 30.8 Å². The Morgan fingerprint density at radius 3 is 2.16 bits per heavy atom. The predicted octanol–water partition coefficient (Wildman–Crippen LogP) is 1.82. The molecule has 4 nitrogen and oxygen atoms in total. The Hall–Kier alpha value is -0.770. The van der Waals surface area contributed by atoms with Crippen molar-refractivity contribution in [2.75, 3.05) is 27.2 Å². The van der Waals surface area contributed by atoms with Crippen molar-refractivity contribution in [1.82, 2.24) is 15.5 Å². The molecule has 0 atom stereocenters. The standard InChI is InChI=1S/C15H27N3O/c1-16-3-4-18(2)14(19)17-15-8-11-5-12(9-15)7-13(6-11)10-15/h11-13,16H,3-10H2,1-2H3,(H,17,19). The maximum absolute atomic E-state index is 12.3. The Morgan fingerprint density at radius 1 is 1.16 bits per heavy atom. The molecule has 4 rings (SSSR count). The molecule has 0 aromatic heterocycles. The van der Waals surface area contributed by atoms with E-state index in [1.807, 2.05) is 19.0 Å². The van der Waals surface area contributed by atoms with Crippen molar-refractivity contribution in [3.8, 4) is 0 Å². The number of carbonyl (C=O) groups excluding carboxylic acids is 1. The SMILES string of the molecule is CNCCN(C)C(=O)NC12CC3CC(CC(C3)C1)C2. The van der Waals surface area contributed by atoms with Crippen molar-refractivity contribution in [3.05, 3.63) is 0 Å². The van der Waals surface area contributed by atoms with Gasteiger partial charge in [0, 0.05) is 25.7 Å². The Labute approximate surface area is 116 Å². The zero-order chi connectivity index (χ0) is 13.5. The van der Waals surface area contributed by atoms with E-state index < -0.39 is 0 Å². The van der Waals surface area contributed by atoms with E-state index in [1.54, 1.807) is 0 Å². The lowest BCUT2D eigenvalue weighted by atomic mass is 9.53. The summed E-state index contributed by atoms with van der Waals surface area (Å²) in [5, 5.41) is 6.48. The lowest BCUT2D eigenvalue weighted by Crippen LogP contribution is -2.61. The van der Waals surface area contributed by atoms with Gasteiger partial charge in [0.05, 0.1) is 0 Å². The number of rotatable bonds is 4. The number of urea groups is 1. The molecule has 2 amide bonds. The second kappa shape index (κ2) is 4.97. The van der Waals surface area contributed by atoms with Crippen molar-refractivity contribution in [2.45, 2.75) is 44.1 Å². The van der Waals surface area contributed by atoms with Crippen LogP contribution in [0.4, 0.5) is 4.79 Å². The summed E-state index contributed by atoms with van der Waals surface area (Å²) in [7, 11) is 3.82. The third-order valence-electron chi connectivity index (χ3n) is 5.45. The third kappa shape index (κ3) is 2.60. The van der Waals surface area contributed by atoms with Gasteiger partial charge < -0.3 is 15.5 Å². The van der Waals surface area contributed by atoms with Crippen molar-refractivity contribution >= 4 is 6.03 Å². The highest BCUT2D eigenvalue weighted by atomic mass is 16.2. The van der Waals surface area contributed by atoms with Gasteiger partial charge in [0.1, 0.15) is 0 Å². The molecule has 0 spiro atoms. The van der Waals surface area contributed by atoms with E-state index in [4.69, 9.17) is 0 Å². The maximum Gasteiger partial charge on any atom is 0.317 e. The first kappa shape index (κ1) is 13.2. The van der Waals surface area contributed by atoms with E-state index in [9.17, 15) is 4.79 Å². The normalized spacial score (nSPS) is 39.4. The summed E-state index contributed by atoms with van der Waals surface area (Å²) in [5.41, 5.74) is 0.139. The van der Waals surface area contributed by atoms with Crippen LogP contribution >= 0.6 is 0 Å². The van der Waals surface area contributed by atoms with Gasteiger partial charge in [-0.1, -0.05) is 0 Å². The van der Waals surface area contributed by atoms with Crippen molar-refractivity contribution in [3.63, 3.8) is 0 Å². The lowest BCUT2D eigenvalue weighted by Gasteiger charge is -2.57. The molecule has 19 heavy (non-hydrogen) atoms. The minimum atomic E-state index is 0.122. The molecule has 4 aliphatic rings. The van der Waals surface area contributed by atoms with Gasteiger partial charge in [0.15, 0.2) is 0 Å². The minimum Gasteiger partial charge on any atom is -0.333 e. The van der Waals surface area contributed by atoms with E-state index >= 15 is 0 Å². The molecule has 2 N–H and O–H groups in total. The Morgan fingerprint density at radius 2 is 1.68 bits per heavy atom. The number of hydrogen-bond acceptors (Lipinski definition) is 2. The summed E-state index contributed by atoms with van der Waals surface area (Å²) in [4.78, 5) is 14.1. The summed E-state index contributed by atoms with van der Waals surface area (Å²) < 4.78 is 0. The van der Waals surface area contributed by atoms with Gasteiger partial charge in [-0.2, -0.15) is 0 Å². The number of carbonyl (C=O) groups is 1. The van der Waals surface area contributed by atoms with E-state index in [1.165, 1.54) is 38.5 Å². The molecule has 0 aliphatic heterocycles. The van der Waals surface area contributed by atoms with Crippen LogP contribution in [-0.2, 0) is 0 Å². The molecule has 4 fully saturated rings. The highest BCUT2D eigenvalue weighted by molar-refractivity contribution is 5.74. The van der Waals surface area contributed by atoms with E-state index in [-0.39, 0.29) is 11.6 Å². The van der Waals surface area contributed by atoms with E-state index in [0.29, 0.717) is 0 Å². The molecule has 4 heteroatoms. The molecule has 0 aromatic rings. The van der Waals surface area contributed by atoms with Crippen LogP contribution in [0.3, 0.4) is 0 Å². The third-order valence-corrected chi connectivity index (χ3v) is 5.45. The quantitative estimate of drug-likeness (QED) is 0.814. The first-order chi connectivity index (χ1) is 9.10. The topological polar surface area (TPSA) is 44.4 Å². The molecule has 4 aliphatic carbocycles. The van der Waals surface area contributed by atoms with Gasteiger partial charge in [-0.15, -0.1) is 0 Å². The van der Waals surface area contributed by atoms with Crippen LogP contribution in [-0.4, -0.2) is 43.7 Å². The Kier molecular flexibility index (Phi) is 3.46. The van der Waals surface area contributed by atoms with Crippen molar-refractivity contribution < 1.29 is 4.79 Å². The van der Waals surface area contributed by atoms with Crippen LogP contribution in [0.1, 0.15) is 38.5 Å². The summed E-state index contributed by atoms with van der Waals surface area (Å²) in [6, 6.07) is 0.122. The zero-order valence-electron chi connectivity index (χ0n) is 12.2. The number of hydrogen-bond donors (Lipinski definition) is 2. The molecule has 0 aromatic carbocycles. The predicted molar refractivity (Wildman–Crippen MR) is 76.0 cm³/mol. The zero-order valence-corrected chi connectivity index (χ0v) is 12.2. The van der Waals surface area contributed by atoms with Crippen LogP contribution in [0.2, 0.25) is 0 Å². The largest absolute Gasteiger partial charge is 0.333 e. The number of likely N-dealkylation sites (N-methyl/N-ethyl adjacent to an activating group) is 2. The average Bonchev–Trinajstić information content (AvgIpc) is 2.33. The molecule has 0 saturated heterocycles. The number of nitrogens with zero attached hydrogens (tertiary/aromatic N) is 1. The van der Waals surface area contributed by atoms with Gasteiger partial charge >= 0.3 is 6.03 Å². The smallest absolute Gasteiger partial charge is 0.317 e. The molecular weight excluding hydrogens is 238 g/mol. The second-order valence-electron chi connectivity index (χ2n) is 7.15. The maximum atomic E-state index is 12.3. The fourth-order valence-corrected chi connectivity index (χ4v) is 4.97. The molecule has 4 saturated carbocycles. The molecule has 0 unspecified atom stereocenters.